The van der Waals surface area contributed by atoms with Gasteiger partial charge in [0.2, 0.25) is 0 Å². The molecule has 0 spiro atoms. The molecule has 5 nitrogen and oxygen atoms in total. The van der Waals surface area contributed by atoms with Gasteiger partial charge in [-0.05, 0) is 106 Å². The Morgan fingerprint density at radius 1 is 0.647 bits per heavy atom. The number of benzene rings is 3. The number of nitrogens with zero attached hydrogens (tertiary/aromatic N) is 3. The molecule has 3 aromatic rings. The summed E-state index contributed by atoms with van der Waals surface area (Å²) in [5, 5.41) is 12.2. The van der Waals surface area contributed by atoms with Gasteiger partial charge in [0, 0.05) is 43.6 Å². The van der Waals surface area contributed by atoms with Gasteiger partial charge in [0.05, 0.1) is 10.5 Å². The summed E-state index contributed by atoms with van der Waals surface area (Å²) in [7, 11) is 0. The van der Waals surface area contributed by atoms with E-state index in [1.165, 1.54) is 5.69 Å². The largest absolute Gasteiger partial charge is 0.372 e. The van der Waals surface area contributed by atoms with Crippen molar-refractivity contribution in [2.75, 3.05) is 36.0 Å². The van der Waals surface area contributed by atoms with E-state index in [0.717, 1.165) is 65.2 Å². The minimum Gasteiger partial charge on any atom is -0.372 e. The first-order chi connectivity index (χ1) is 16.3. The third-order valence-electron chi connectivity index (χ3n) is 6.80. The Kier molecular flexibility index (Phi) is 7.98. The predicted octanol–water partition coefficient (Wildman–Crippen LogP) is 7.55. The number of hydrogen-bond acceptors (Lipinski definition) is 4. The van der Waals surface area contributed by atoms with Crippen LogP contribution < -0.4 is 9.80 Å². The monoisotopic (exact) mass is 459 g/mol. The van der Waals surface area contributed by atoms with Gasteiger partial charge in [-0.25, -0.2) is 0 Å². The highest BCUT2D eigenvalue weighted by molar-refractivity contribution is 5.94. The van der Waals surface area contributed by atoms with E-state index in [0.29, 0.717) is 5.56 Å². The molecule has 34 heavy (non-hydrogen) atoms. The van der Waals surface area contributed by atoms with E-state index in [4.69, 9.17) is 0 Å². The van der Waals surface area contributed by atoms with E-state index in [-0.39, 0.29) is 10.6 Å². The molecule has 3 rings (SSSR count). The number of aryl methyl sites for hydroxylation is 3. The molecule has 5 heteroatoms. The molecule has 0 aliphatic carbocycles. The smallest absolute Gasteiger partial charge is 0.277 e. The zero-order chi connectivity index (χ0) is 25.0. The highest BCUT2D eigenvalue weighted by Crippen LogP contribution is 2.44. The van der Waals surface area contributed by atoms with Crippen molar-refractivity contribution >= 4 is 17.1 Å². The number of rotatable bonds is 9. The van der Waals surface area contributed by atoms with E-state index in [9.17, 15) is 10.1 Å². The summed E-state index contributed by atoms with van der Waals surface area (Å²) in [6.07, 6.45) is 0. The molecule has 180 valence electrons. The third-order valence-corrected chi connectivity index (χ3v) is 6.80. The van der Waals surface area contributed by atoms with E-state index in [2.05, 4.69) is 81.7 Å². The van der Waals surface area contributed by atoms with Gasteiger partial charge in [-0.15, -0.1) is 0 Å². The molecule has 0 saturated heterocycles. The van der Waals surface area contributed by atoms with E-state index < -0.39 is 0 Å². The molecule has 0 bridgehead atoms. The Labute approximate surface area is 204 Å². The molecule has 0 aliphatic heterocycles. The topological polar surface area (TPSA) is 49.6 Å². The van der Waals surface area contributed by atoms with Crippen LogP contribution in [0.1, 0.15) is 44.4 Å². The van der Waals surface area contributed by atoms with Crippen LogP contribution in [0.5, 0.6) is 0 Å². The summed E-state index contributed by atoms with van der Waals surface area (Å²) in [6, 6.07) is 16.2. The molecule has 0 fully saturated rings. The fourth-order valence-electron chi connectivity index (χ4n) is 4.90. The second-order valence-corrected chi connectivity index (χ2v) is 8.75. The fourth-order valence-corrected chi connectivity index (χ4v) is 4.90. The minimum atomic E-state index is -0.254. The molecular formula is C29H37N3O2. The van der Waals surface area contributed by atoms with Gasteiger partial charge in [0.1, 0.15) is 0 Å². The average molecular weight is 460 g/mol. The lowest BCUT2D eigenvalue weighted by Crippen LogP contribution is -2.21. The van der Waals surface area contributed by atoms with E-state index >= 15 is 0 Å². The summed E-state index contributed by atoms with van der Waals surface area (Å²) in [5.74, 6) is 0. The van der Waals surface area contributed by atoms with Crippen LogP contribution in [0.4, 0.5) is 17.1 Å². The van der Waals surface area contributed by atoms with Crippen LogP contribution in [0, 0.1) is 30.9 Å². The fraction of sp³-hybridized carbons (Fsp3) is 0.379. The van der Waals surface area contributed by atoms with E-state index in [1.807, 2.05) is 19.1 Å². The number of nitro benzene ring substituents is 1. The SMILES string of the molecule is CCN(CC)c1ccc(-c2c(C)ccc([N+](=O)[O-])c2-c2ccc(N(CC)CC)cc2C)c(C)c1. The molecule has 0 radical (unpaired) electrons. The predicted molar refractivity (Wildman–Crippen MR) is 145 cm³/mol. The Balaban J connectivity index is 2.28. The van der Waals surface area contributed by atoms with Crippen LogP contribution in [0.25, 0.3) is 22.3 Å². The maximum absolute atomic E-state index is 12.2. The lowest BCUT2D eigenvalue weighted by Gasteiger charge is -2.24. The van der Waals surface area contributed by atoms with Crippen molar-refractivity contribution in [2.24, 2.45) is 0 Å². The first kappa shape index (κ1) is 25.3. The Hall–Kier alpha value is -3.34. The molecule has 0 aliphatic rings. The summed E-state index contributed by atoms with van der Waals surface area (Å²) in [5.41, 5.74) is 9.25. The molecule has 0 heterocycles. The molecule has 3 aromatic carbocycles. The molecule has 0 saturated carbocycles. The van der Waals surface area contributed by atoms with Crippen molar-refractivity contribution in [3.8, 4) is 22.3 Å². The second kappa shape index (κ2) is 10.7. The number of hydrogen-bond donors (Lipinski definition) is 0. The summed E-state index contributed by atoms with van der Waals surface area (Å²) in [6.45, 7) is 18.5. The van der Waals surface area contributed by atoms with Gasteiger partial charge < -0.3 is 9.80 Å². The first-order valence-electron chi connectivity index (χ1n) is 12.3. The number of anilines is 2. The van der Waals surface area contributed by atoms with Crippen molar-refractivity contribution in [3.63, 3.8) is 0 Å². The van der Waals surface area contributed by atoms with Gasteiger partial charge in [0.25, 0.3) is 5.69 Å². The summed E-state index contributed by atoms with van der Waals surface area (Å²) in [4.78, 5) is 16.5. The van der Waals surface area contributed by atoms with Crippen molar-refractivity contribution in [1.82, 2.24) is 0 Å². The van der Waals surface area contributed by atoms with Gasteiger partial charge in [0.15, 0.2) is 0 Å². The maximum atomic E-state index is 12.2. The third kappa shape index (κ3) is 4.79. The van der Waals surface area contributed by atoms with Crippen LogP contribution in [0.3, 0.4) is 0 Å². The highest BCUT2D eigenvalue weighted by Gasteiger charge is 2.24. The first-order valence-corrected chi connectivity index (χ1v) is 12.3. The Morgan fingerprint density at radius 3 is 1.47 bits per heavy atom. The summed E-state index contributed by atoms with van der Waals surface area (Å²) >= 11 is 0. The van der Waals surface area contributed by atoms with Crippen LogP contribution in [0.15, 0.2) is 48.5 Å². The standard InChI is InChI=1S/C29H37N3O2/c1-8-30(9-2)23-13-15-25(21(6)18-23)28-20(5)12-17-27(32(33)34)29(28)26-16-14-24(19-22(26)7)31(10-3)11-4/h12-19H,8-11H2,1-7H3. The van der Waals surface area contributed by atoms with Crippen molar-refractivity contribution in [2.45, 2.75) is 48.5 Å². The van der Waals surface area contributed by atoms with Crippen molar-refractivity contribution in [1.29, 1.82) is 0 Å². The second-order valence-electron chi connectivity index (χ2n) is 8.75. The molecule has 0 amide bonds. The molecule has 0 aromatic heterocycles. The van der Waals surface area contributed by atoms with Crippen molar-refractivity contribution in [3.05, 3.63) is 75.3 Å². The zero-order valence-electron chi connectivity index (χ0n) is 21.6. The molecule has 0 unspecified atom stereocenters. The number of nitro groups is 1. The van der Waals surface area contributed by atoms with Gasteiger partial charge in [-0.1, -0.05) is 18.2 Å². The summed E-state index contributed by atoms with van der Waals surface area (Å²) < 4.78 is 0. The van der Waals surface area contributed by atoms with Crippen LogP contribution in [0.2, 0.25) is 0 Å². The van der Waals surface area contributed by atoms with Gasteiger partial charge in [-0.2, -0.15) is 0 Å². The van der Waals surface area contributed by atoms with E-state index in [1.54, 1.807) is 6.07 Å². The van der Waals surface area contributed by atoms with Gasteiger partial charge in [-0.3, -0.25) is 10.1 Å². The molecule has 0 N–H and O–H groups in total. The Morgan fingerprint density at radius 2 is 1.09 bits per heavy atom. The highest BCUT2D eigenvalue weighted by atomic mass is 16.6. The zero-order valence-corrected chi connectivity index (χ0v) is 21.6. The van der Waals surface area contributed by atoms with Crippen molar-refractivity contribution < 1.29 is 4.92 Å². The molecular weight excluding hydrogens is 422 g/mol. The van der Waals surface area contributed by atoms with Crippen LogP contribution in [-0.4, -0.2) is 31.1 Å². The quantitative estimate of drug-likeness (QED) is 0.245. The average Bonchev–Trinajstić information content (AvgIpc) is 2.81. The van der Waals surface area contributed by atoms with Gasteiger partial charge >= 0.3 is 0 Å². The normalized spacial score (nSPS) is 10.9. The minimum absolute atomic E-state index is 0.145. The Bertz CT molecular complexity index is 1180. The maximum Gasteiger partial charge on any atom is 0.277 e. The van der Waals surface area contributed by atoms with Crippen LogP contribution in [-0.2, 0) is 0 Å². The van der Waals surface area contributed by atoms with Crippen LogP contribution >= 0.6 is 0 Å². The lowest BCUT2D eigenvalue weighted by atomic mass is 9.86. The lowest BCUT2D eigenvalue weighted by molar-refractivity contribution is -0.384. The molecule has 0 atom stereocenters.